The Hall–Kier alpha value is -3.33. The van der Waals surface area contributed by atoms with E-state index in [0.717, 1.165) is 22.6 Å². The fourth-order valence-electron chi connectivity index (χ4n) is 3.79. The molecule has 0 fully saturated rings. The standard InChI is InChI=1S/C22H21N3O5S/c1-11-17-20(23-10-24(4)21(17)28)31-19(11)22(29)30-12(2)18(27)15-5-6-16-14(9-15)7-8-25(16)13(3)26/h5-6,9-10,12H,7-8H2,1-4H3/t12-/m0/s1. The Balaban J connectivity index is 1.55. The minimum absolute atomic E-state index is 0.0388. The van der Waals surface area contributed by atoms with Crippen molar-refractivity contribution in [3.63, 3.8) is 0 Å². The summed E-state index contributed by atoms with van der Waals surface area (Å²) >= 11 is 1.08. The number of fused-ring (bicyclic) bond motifs is 2. The lowest BCUT2D eigenvalue weighted by molar-refractivity contribution is -0.116. The molecule has 0 aliphatic carbocycles. The van der Waals surface area contributed by atoms with E-state index in [9.17, 15) is 19.2 Å². The number of benzene rings is 1. The number of anilines is 1. The molecule has 1 atom stereocenters. The number of esters is 1. The van der Waals surface area contributed by atoms with Crippen LogP contribution in [0.5, 0.6) is 0 Å². The topological polar surface area (TPSA) is 98.6 Å². The maximum atomic E-state index is 12.9. The molecule has 0 bridgehead atoms. The van der Waals surface area contributed by atoms with Gasteiger partial charge in [-0.3, -0.25) is 14.4 Å². The third-order valence-electron chi connectivity index (χ3n) is 5.49. The van der Waals surface area contributed by atoms with Gasteiger partial charge in [0.2, 0.25) is 11.7 Å². The third-order valence-corrected chi connectivity index (χ3v) is 6.67. The average Bonchev–Trinajstić information content (AvgIpc) is 3.31. The second-order valence-corrected chi connectivity index (χ2v) is 8.57. The fraction of sp³-hybridized carbons (Fsp3) is 0.318. The van der Waals surface area contributed by atoms with Crippen LogP contribution in [-0.4, -0.2) is 39.9 Å². The molecule has 31 heavy (non-hydrogen) atoms. The van der Waals surface area contributed by atoms with Crippen molar-refractivity contribution in [1.29, 1.82) is 0 Å². The second kappa shape index (κ2) is 7.73. The van der Waals surface area contributed by atoms with E-state index < -0.39 is 12.1 Å². The molecule has 0 spiro atoms. The highest BCUT2D eigenvalue weighted by Gasteiger charge is 2.27. The Morgan fingerprint density at radius 2 is 2.00 bits per heavy atom. The molecule has 0 N–H and O–H groups in total. The molecule has 0 saturated carbocycles. The molecular weight excluding hydrogens is 418 g/mol. The zero-order valence-corrected chi connectivity index (χ0v) is 18.4. The summed E-state index contributed by atoms with van der Waals surface area (Å²) in [7, 11) is 1.59. The van der Waals surface area contributed by atoms with Crippen molar-refractivity contribution < 1.29 is 19.1 Å². The molecule has 4 rings (SSSR count). The van der Waals surface area contributed by atoms with Crippen molar-refractivity contribution in [1.82, 2.24) is 9.55 Å². The van der Waals surface area contributed by atoms with E-state index in [1.165, 1.54) is 24.7 Å². The first kappa shape index (κ1) is 20.9. The lowest BCUT2D eigenvalue weighted by atomic mass is 10.0. The number of hydrogen-bond acceptors (Lipinski definition) is 7. The van der Waals surface area contributed by atoms with Crippen LogP contribution in [0.1, 0.15) is 45.0 Å². The summed E-state index contributed by atoms with van der Waals surface area (Å²) in [4.78, 5) is 56.3. The van der Waals surface area contributed by atoms with Crippen LogP contribution in [0, 0.1) is 6.92 Å². The minimum Gasteiger partial charge on any atom is -0.450 e. The van der Waals surface area contributed by atoms with Crippen LogP contribution >= 0.6 is 11.3 Å². The van der Waals surface area contributed by atoms with Crippen LogP contribution in [-0.2, 0) is 23.0 Å². The Morgan fingerprint density at radius 1 is 1.26 bits per heavy atom. The molecule has 0 radical (unpaired) electrons. The molecule has 1 aromatic carbocycles. The minimum atomic E-state index is -1.00. The first-order valence-electron chi connectivity index (χ1n) is 9.80. The van der Waals surface area contributed by atoms with Gasteiger partial charge in [0.05, 0.1) is 11.7 Å². The Bertz CT molecular complexity index is 1310. The number of ketones is 1. The van der Waals surface area contributed by atoms with E-state index in [1.807, 2.05) is 0 Å². The third kappa shape index (κ3) is 3.54. The zero-order valence-electron chi connectivity index (χ0n) is 17.6. The van der Waals surface area contributed by atoms with Crippen LogP contribution in [0.15, 0.2) is 29.3 Å². The summed E-state index contributed by atoms with van der Waals surface area (Å²) in [5, 5.41) is 0.384. The zero-order chi connectivity index (χ0) is 22.4. The van der Waals surface area contributed by atoms with E-state index in [4.69, 9.17) is 4.74 Å². The quantitative estimate of drug-likeness (QED) is 0.458. The highest BCUT2D eigenvalue weighted by Crippen LogP contribution is 2.30. The van der Waals surface area contributed by atoms with E-state index in [0.29, 0.717) is 34.3 Å². The summed E-state index contributed by atoms with van der Waals surface area (Å²) < 4.78 is 6.78. The number of aryl methyl sites for hydroxylation is 2. The van der Waals surface area contributed by atoms with Gasteiger partial charge in [0.15, 0.2) is 6.10 Å². The average molecular weight is 439 g/mol. The van der Waals surface area contributed by atoms with Crippen LogP contribution in [0.2, 0.25) is 0 Å². The Labute approximate surface area is 182 Å². The van der Waals surface area contributed by atoms with Gasteiger partial charge < -0.3 is 14.2 Å². The van der Waals surface area contributed by atoms with Gasteiger partial charge >= 0.3 is 5.97 Å². The number of hydrogen-bond donors (Lipinski definition) is 0. The molecule has 0 saturated heterocycles. The van der Waals surface area contributed by atoms with Crippen LogP contribution in [0.3, 0.4) is 0 Å². The maximum Gasteiger partial charge on any atom is 0.349 e. The van der Waals surface area contributed by atoms with Gasteiger partial charge in [-0.05, 0) is 49.6 Å². The van der Waals surface area contributed by atoms with E-state index in [1.54, 1.807) is 37.1 Å². The van der Waals surface area contributed by atoms with Crippen molar-refractivity contribution in [3.05, 3.63) is 56.4 Å². The van der Waals surface area contributed by atoms with Gasteiger partial charge in [0, 0.05) is 31.8 Å². The molecule has 1 amide bonds. The smallest absolute Gasteiger partial charge is 0.349 e. The number of Topliss-reactive ketones (excluding diaryl/α,β-unsaturated/α-hetero) is 1. The van der Waals surface area contributed by atoms with Crippen LogP contribution < -0.4 is 10.5 Å². The number of ether oxygens (including phenoxy) is 1. The van der Waals surface area contributed by atoms with E-state index in [-0.39, 0.29) is 22.1 Å². The lowest BCUT2D eigenvalue weighted by Gasteiger charge is -2.16. The molecule has 8 nitrogen and oxygen atoms in total. The highest BCUT2D eigenvalue weighted by molar-refractivity contribution is 7.20. The van der Waals surface area contributed by atoms with Gasteiger partial charge in [-0.2, -0.15) is 0 Å². The van der Waals surface area contributed by atoms with E-state index in [2.05, 4.69) is 4.98 Å². The molecule has 160 valence electrons. The first-order chi connectivity index (χ1) is 14.7. The van der Waals surface area contributed by atoms with Gasteiger partial charge in [0.25, 0.3) is 5.56 Å². The van der Waals surface area contributed by atoms with Crippen molar-refractivity contribution in [2.75, 3.05) is 11.4 Å². The molecule has 3 heterocycles. The Kier molecular flexibility index (Phi) is 5.22. The molecule has 2 aromatic heterocycles. The summed E-state index contributed by atoms with van der Waals surface area (Å²) in [5.41, 5.74) is 2.42. The van der Waals surface area contributed by atoms with Crippen molar-refractivity contribution >= 4 is 44.9 Å². The lowest BCUT2D eigenvalue weighted by Crippen LogP contribution is -2.26. The molecule has 1 aliphatic heterocycles. The van der Waals surface area contributed by atoms with Crippen molar-refractivity contribution in [2.24, 2.45) is 7.05 Å². The predicted molar refractivity (Wildman–Crippen MR) is 117 cm³/mol. The van der Waals surface area contributed by atoms with Crippen molar-refractivity contribution in [3.8, 4) is 0 Å². The fourth-order valence-corrected chi connectivity index (χ4v) is 4.81. The second-order valence-electron chi connectivity index (χ2n) is 7.57. The molecule has 9 heteroatoms. The number of nitrogens with zero attached hydrogens (tertiary/aromatic N) is 3. The van der Waals surface area contributed by atoms with Crippen molar-refractivity contribution in [2.45, 2.75) is 33.3 Å². The van der Waals surface area contributed by atoms with Crippen LogP contribution in [0.25, 0.3) is 10.2 Å². The normalized spacial score (nSPS) is 13.9. The summed E-state index contributed by atoms with van der Waals surface area (Å²) in [6, 6.07) is 5.15. The predicted octanol–water partition coefficient (Wildman–Crippen LogP) is 2.64. The highest BCUT2D eigenvalue weighted by atomic mass is 32.1. The Morgan fingerprint density at radius 3 is 2.71 bits per heavy atom. The van der Waals surface area contributed by atoms with Gasteiger partial charge in [0.1, 0.15) is 9.71 Å². The summed E-state index contributed by atoms with van der Waals surface area (Å²) in [6.45, 7) is 5.30. The van der Waals surface area contributed by atoms with Crippen LogP contribution in [0.4, 0.5) is 5.69 Å². The number of carbonyl (C=O) groups is 3. The molecule has 3 aromatic rings. The first-order valence-corrected chi connectivity index (χ1v) is 10.6. The largest absolute Gasteiger partial charge is 0.450 e. The number of thiophene rings is 1. The van der Waals surface area contributed by atoms with E-state index >= 15 is 0 Å². The SMILES string of the molecule is CC(=O)N1CCc2cc(C(=O)[C@H](C)OC(=O)c3sc4ncn(C)c(=O)c4c3C)ccc21. The van der Waals surface area contributed by atoms with Gasteiger partial charge in [-0.1, -0.05) is 0 Å². The molecular formula is C22H21N3O5S. The monoisotopic (exact) mass is 439 g/mol. The van der Waals surface area contributed by atoms with Gasteiger partial charge in [-0.25, -0.2) is 9.78 Å². The molecule has 0 unspecified atom stereocenters. The maximum absolute atomic E-state index is 12.9. The number of rotatable bonds is 4. The summed E-state index contributed by atoms with van der Waals surface area (Å²) in [6.07, 6.45) is 1.08. The molecule has 1 aliphatic rings. The van der Waals surface area contributed by atoms with Gasteiger partial charge in [-0.15, -0.1) is 11.3 Å². The summed E-state index contributed by atoms with van der Waals surface area (Å²) in [5.74, 6) is -1.03. The number of amides is 1. The number of aromatic nitrogens is 2. The number of carbonyl (C=O) groups excluding carboxylic acids is 3.